The van der Waals surface area contributed by atoms with Crippen molar-refractivity contribution < 1.29 is 13.9 Å². The number of nitriles is 1. The smallest absolute Gasteiger partial charge is 0.338 e. The lowest BCUT2D eigenvalue weighted by Gasteiger charge is -2.04. The van der Waals surface area contributed by atoms with Gasteiger partial charge in [-0.15, -0.1) is 0 Å². The first-order valence-electron chi connectivity index (χ1n) is 3.93. The zero-order valence-electron chi connectivity index (χ0n) is 7.58. The quantitative estimate of drug-likeness (QED) is 0.671. The van der Waals surface area contributed by atoms with Crippen LogP contribution in [-0.4, -0.2) is 13.1 Å². The number of methoxy groups -OCH3 is 1. The summed E-state index contributed by atoms with van der Waals surface area (Å²) in [4.78, 5) is 11.2. The molecular weight excluding hydrogens is 185 g/mol. The molecule has 0 saturated heterocycles. The largest absolute Gasteiger partial charge is 0.465 e. The van der Waals surface area contributed by atoms with Crippen molar-refractivity contribution in [1.29, 1.82) is 5.26 Å². The minimum absolute atomic E-state index is 0.0850. The number of ether oxygens (including phenoxy) is 1. The Labute approximate surface area is 80.7 Å². The maximum absolute atomic E-state index is 13.2. The number of esters is 1. The second-order valence-electron chi connectivity index (χ2n) is 2.59. The van der Waals surface area contributed by atoms with Crippen LogP contribution in [0.4, 0.5) is 4.39 Å². The molecule has 0 fully saturated rings. The van der Waals surface area contributed by atoms with E-state index in [1.807, 2.05) is 0 Å². The van der Waals surface area contributed by atoms with Crippen molar-refractivity contribution in [3.05, 3.63) is 35.1 Å². The van der Waals surface area contributed by atoms with E-state index in [-0.39, 0.29) is 17.5 Å². The Morgan fingerprint density at radius 2 is 2.36 bits per heavy atom. The number of rotatable bonds is 2. The van der Waals surface area contributed by atoms with Gasteiger partial charge in [-0.3, -0.25) is 0 Å². The molecule has 0 amide bonds. The Bertz CT molecular complexity index is 396. The molecule has 14 heavy (non-hydrogen) atoms. The number of carbonyl (C=O) groups excluding carboxylic acids is 1. The molecule has 1 rings (SSSR count). The lowest BCUT2D eigenvalue weighted by atomic mass is 10.0. The van der Waals surface area contributed by atoms with Crippen LogP contribution in [0.25, 0.3) is 0 Å². The van der Waals surface area contributed by atoms with E-state index in [1.165, 1.54) is 25.3 Å². The van der Waals surface area contributed by atoms with Gasteiger partial charge in [0.25, 0.3) is 0 Å². The highest BCUT2D eigenvalue weighted by Crippen LogP contribution is 2.14. The maximum atomic E-state index is 13.2. The Balaban J connectivity index is 3.22. The van der Waals surface area contributed by atoms with Gasteiger partial charge in [-0.2, -0.15) is 5.26 Å². The van der Waals surface area contributed by atoms with Gasteiger partial charge in [0.1, 0.15) is 5.82 Å². The van der Waals surface area contributed by atoms with Gasteiger partial charge >= 0.3 is 5.97 Å². The summed E-state index contributed by atoms with van der Waals surface area (Å²) in [5, 5.41) is 8.45. The van der Waals surface area contributed by atoms with Crippen molar-refractivity contribution in [3.8, 4) is 6.07 Å². The van der Waals surface area contributed by atoms with Crippen molar-refractivity contribution in [2.45, 2.75) is 6.42 Å². The number of hydrogen-bond donors (Lipinski definition) is 0. The summed E-state index contributed by atoms with van der Waals surface area (Å²) in [5.74, 6) is -1.19. The van der Waals surface area contributed by atoms with E-state index < -0.39 is 11.8 Å². The van der Waals surface area contributed by atoms with Gasteiger partial charge in [-0.25, -0.2) is 9.18 Å². The molecule has 0 aliphatic heterocycles. The lowest BCUT2D eigenvalue weighted by Crippen LogP contribution is -2.07. The summed E-state index contributed by atoms with van der Waals surface area (Å²) in [6.07, 6.45) is -0.142. The monoisotopic (exact) mass is 193 g/mol. The van der Waals surface area contributed by atoms with Crippen LogP contribution in [0, 0.1) is 17.1 Å². The van der Waals surface area contributed by atoms with E-state index in [0.717, 1.165) is 0 Å². The molecule has 0 aliphatic carbocycles. The molecule has 0 atom stereocenters. The summed E-state index contributed by atoms with van der Waals surface area (Å²) in [5.41, 5.74) is 0.191. The molecule has 1 aromatic carbocycles. The standard InChI is InChI=1S/C10H8FNO2/c1-14-10(13)8-3-2-4-9(11)7(8)5-6-12/h2-4H,5H2,1H3. The normalized spacial score (nSPS) is 9.21. The van der Waals surface area contributed by atoms with Crippen LogP contribution in [0.2, 0.25) is 0 Å². The second kappa shape index (κ2) is 4.38. The highest BCUT2D eigenvalue weighted by atomic mass is 19.1. The second-order valence-corrected chi connectivity index (χ2v) is 2.59. The van der Waals surface area contributed by atoms with Crippen molar-refractivity contribution in [2.75, 3.05) is 7.11 Å². The van der Waals surface area contributed by atoms with Crippen LogP contribution in [0.1, 0.15) is 15.9 Å². The third-order valence-electron chi connectivity index (χ3n) is 1.78. The fraction of sp³-hybridized carbons (Fsp3) is 0.200. The zero-order valence-corrected chi connectivity index (χ0v) is 7.58. The molecule has 4 heteroatoms. The third kappa shape index (κ3) is 1.88. The first-order chi connectivity index (χ1) is 6.70. The molecule has 0 radical (unpaired) electrons. The van der Waals surface area contributed by atoms with Crippen molar-refractivity contribution in [1.82, 2.24) is 0 Å². The summed E-state index contributed by atoms with van der Waals surface area (Å²) in [7, 11) is 1.21. The summed E-state index contributed by atoms with van der Waals surface area (Å²) in [6.45, 7) is 0. The van der Waals surface area contributed by atoms with E-state index in [9.17, 15) is 9.18 Å². The SMILES string of the molecule is COC(=O)c1cccc(F)c1CC#N. The molecule has 1 aromatic rings. The van der Waals surface area contributed by atoms with Crippen molar-refractivity contribution >= 4 is 5.97 Å². The number of benzene rings is 1. The predicted octanol–water partition coefficient (Wildman–Crippen LogP) is 1.68. The van der Waals surface area contributed by atoms with Gasteiger partial charge in [-0.1, -0.05) is 6.07 Å². The first-order valence-corrected chi connectivity index (χ1v) is 3.93. The van der Waals surface area contributed by atoms with Crippen LogP contribution < -0.4 is 0 Å². The van der Waals surface area contributed by atoms with Crippen molar-refractivity contribution in [3.63, 3.8) is 0 Å². The van der Waals surface area contributed by atoms with E-state index in [0.29, 0.717) is 0 Å². The molecule has 0 bridgehead atoms. The molecule has 72 valence electrons. The molecule has 0 N–H and O–H groups in total. The fourth-order valence-corrected chi connectivity index (χ4v) is 1.12. The number of nitrogens with zero attached hydrogens (tertiary/aromatic N) is 1. The number of halogens is 1. The van der Waals surface area contributed by atoms with Crippen LogP contribution in [0.5, 0.6) is 0 Å². The molecule has 0 saturated carbocycles. The zero-order chi connectivity index (χ0) is 10.6. The van der Waals surface area contributed by atoms with Crippen LogP contribution >= 0.6 is 0 Å². The molecule has 0 unspecified atom stereocenters. The molecular formula is C10H8FNO2. The lowest BCUT2D eigenvalue weighted by molar-refractivity contribution is 0.0599. The van der Waals surface area contributed by atoms with Gasteiger partial charge in [0.05, 0.1) is 25.2 Å². The molecule has 0 spiro atoms. The van der Waals surface area contributed by atoms with E-state index in [4.69, 9.17) is 5.26 Å². The summed E-state index contributed by atoms with van der Waals surface area (Å²) in [6, 6.07) is 5.84. The molecule has 0 aliphatic rings. The van der Waals surface area contributed by atoms with E-state index in [1.54, 1.807) is 6.07 Å². The average Bonchev–Trinajstić information content (AvgIpc) is 2.20. The summed E-state index contributed by atoms with van der Waals surface area (Å²) >= 11 is 0. The minimum atomic E-state index is -0.630. The van der Waals surface area contributed by atoms with Gasteiger partial charge in [0.2, 0.25) is 0 Å². The maximum Gasteiger partial charge on any atom is 0.338 e. The van der Waals surface area contributed by atoms with Gasteiger partial charge < -0.3 is 4.74 Å². The highest BCUT2D eigenvalue weighted by Gasteiger charge is 2.14. The summed E-state index contributed by atoms with van der Waals surface area (Å²) < 4.78 is 17.6. The molecule has 0 aromatic heterocycles. The number of hydrogen-bond acceptors (Lipinski definition) is 3. The Kier molecular flexibility index (Phi) is 3.19. The van der Waals surface area contributed by atoms with E-state index in [2.05, 4.69) is 4.74 Å². The van der Waals surface area contributed by atoms with Gasteiger partial charge in [0.15, 0.2) is 0 Å². The molecule has 3 nitrogen and oxygen atoms in total. The topological polar surface area (TPSA) is 50.1 Å². The molecule has 0 heterocycles. The average molecular weight is 193 g/mol. The Morgan fingerprint density at radius 1 is 1.64 bits per heavy atom. The third-order valence-corrected chi connectivity index (χ3v) is 1.78. The van der Waals surface area contributed by atoms with Crippen molar-refractivity contribution in [2.24, 2.45) is 0 Å². The van der Waals surface area contributed by atoms with Crippen LogP contribution in [0.3, 0.4) is 0 Å². The van der Waals surface area contributed by atoms with E-state index >= 15 is 0 Å². The predicted molar refractivity (Wildman–Crippen MR) is 47.1 cm³/mol. The fourth-order valence-electron chi connectivity index (χ4n) is 1.12. The first kappa shape index (κ1) is 10.2. The number of carbonyl (C=O) groups is 1. The Morgan fingerprint density at radius 3 is 2.93 bits per heavy atom. The van der Waals surface area contributed by atoms with Gasteiger partial charge in [-0.05, 0) is 12.1 Å². The van der Waals surface area contributed by atoms with Crippen LogP contribution in [-0.2, 0) is 11.2 Å². The highest BCUT2D eigenvalue weighted by molar-refractivity contribution is 5.91. The Hall–Kier alpha value is -1.89. The minimum Gasteiger partial charge on any atom is -0.465 e. The van der Waals surface area contributed by atoms with Gasteiger partial charge in [0, 0.05) is 5.56 Å². The van der Waals surface area contributed by atoms with Crippen LogP contribution in [0.15, 0.2) is 18.2 Å².